The molecule has 2 aromatic rings. The van der Waals surface area contributed by atoms with Crippen LogP contribution in [0.2, 0.25) is 0 Å². The first kappa shape index (κ1) is 23.4. The SMILES string of the molecule is CSC.Cc1cnc2c(c1)CC(=O)CC2.Cc1cnc2c(c1)CCCC2.[B]. The van der Waals surface area contributed by atoms with E-state index in [9.17, 15) is 4.79 Å². The van der Waals surface area contributed by atoms with Gasteiger partial charge in [0, 0.05) is 45.0 Å². The first-order valence-corrected chi connectivity index (χ1v) is 11.0. The lowest BCUT2D eigenvalue weighted by atomic mass is 9.94. The van der Waals surface area contributed by atoms with Crippen molar-refractivity contribution in [3.8, 4) is 0 Å². The van der Waals surface area contributed by atoms with Crippen LogP contribution in [0.5, 0.6) is 0 Å². The topological polar surface area (TPSA) is 42.9 Å². The molecular weight excluding hydrogens is 351 g/mol. The van der Waals surface area contributed by atoms with Gasteiger partial charge in [0.25, 0.3) is 0 Å². The first-order valence-electron chi connectivity index (χ1n) is 9.34. The molecule has 2 aliphatic carbocycles. The van der Waals surface area contributed by atoms with E-state index in [1.807, 2.05) is 31.8 Å². The van der Waals surface area contributed by atoms with Gasteiger partial charge >= 0.3 is 0 Å². The largest absolute Gasteiger partial charge is 0.299 e. The number of aromatic nitrogens is 2. The van der Waals surface area contributed by atoms with Crippen LogP contribution in [-0.2, 0) is 30.5 Å². The van der Waals surface area contributed by atoms with Crippen molar-refractivity contribution in [2.45, 2.75) is 58.8 Å². The molecule has 0 spiro atoms. The Bertz CT molecular complexity index is 749. The van der Waals surface area contributed by atoms with Crippen LogP contribution in [0.4, 0.5) is 0 Å². The molecule has 4 rings (SSSR count). The fourth-order valence-corrected chi connectivity index (χ4v) is 3.30. The van der Waals surface area contributed by atoms with Crippen LogP contribution in [0.1, 0.15) is 52.9 Å². The molecule has 0 N–H and O–H groups in total. The predicted octanol–water partition coefficient (Wildman–Crippen LogP) is 4.32. The number of nitrogens with zero attached hydrogens (tertiary/aromatic N) is 2. The summed E-state index contributed by atoms with van der Waals surface area (Å²) < 4.78 is 0. The van der Waals surface area contributed by atoms with Crippen LogP contribution in [-0.4, -0.2) is 36.7 Å². The van der Waals surface area contributed by atoms with E-state index in [1.54, 1.807) is 11.8 Å². The summed E-state index contributed by atoms with van der Waals surface area (Å²) in [6.07, 6.45) is 15.1. The molecule has 0 aliphatic heterocycles. The number of hydrogen-bond donors (Lipinski definition) is 0. The number of Topliss-reactive ketones (excluding diaryl/α,β-unsaturated/α-hetero) is 1. The Morgan fingerprint density at radius 3 is 1.96 bits per heavy atom. The average Bonchev–Trinajstić information content (AvgIpc) is 2.62. The minimum absolute atomic E-state index is 0. The Labute approximate surface area is 170 Å². The molecule has 27 heavy (non-hydrogen) atoms. The van der Waals surface area contributed by atoms with E-state index in [4.69, 9.17) is 0 Å². The molecule has 3 nitrogen and oxygen atoms in total. The number of aryl methyl sites for hydroxylation is 5. The molecule has 0 unspecified atom stereocenters. The highest BCUT2D eigenvalue weighted by atomic mass is 32.2. The second kappa shape index (κ2) is 12.0. The van der Waals surface area contributed by atoms with Crippen LogP contribution in [0.3, 0.4) is 0 Å². The Morgan fingerprint density at radius 2 is 1.33 bits per heavy atom. The molecule has 0 aromatic carbocycles. The van der Waals surface area contributed by atoms with Gasteiger partial charge in [-0.2, -0.15) is 11.8 Å². The molecule has 0 fully saturated rings. The summed E-state index contributed by atoms with van der Waals surface area (Å²) in [5.74, 6) is 0.343. The second-order valence-corrected chi connectivity index (χ2v) is 7.88. The lowest BCUT2D eigenvalue weighted by Gasteiger charge is -2.14. The number of thioether (sulfide) groups is 1. The number of carbonyl (C=O) groups excluding carboxylic acids is 1. The Balaban J connectivity index is 0.000000229. The summed E-state index contributed by atoms with van der Waals surface area (Å²) in [5, 5.41) is 0. The number of rotatable bonds is 0. The average molecular weight is 381 g/mol. The summed E-state index contributed by atoms with van der Waals surface area (Å²) in [4.78, 5) is 19.8. The van der Waals surface area contributed by atoms with E-state index in [-0.39, 0.29) is 8.41 Å². The quantitative estimate of drug-likeness (QED) is 0.638. The molecule has 5 heteroatoms. The third-order valence-corrected chi connectivity index (χ3v) is 4.53. The van der Waals surface area contributed by atoms with Gasteiger partial charge in [-0.1, -0.05) is 12.1 Å². The second-order valence-electron chi connectivity index (χ2n) is 7.07. The molecule has 3 radical (unpaired) electrons. The van der Waals surface area contributed by atoms with E-state index in [1.165, 1.54) is 42.5 Å². The highest BCUT2D eigenvalue weighted by Crippen LogP contribution is 2.19. The van der Waals surface area contributed by atoms with Crippen molar-refractivity contribution in [3.63, 3.8) is 0 Å². The molecule has 0 bridgehead atoms. The van der Waals surface area contributed by atoms with Crippen molar-refractivity contribution < 1.29 is 4.79 Å². The highest BCUT2D eigenvalue weighted by molar-refractivity contribution is 7.97. The summed E-state index contributed by atoms with van der Waals surface area (Å²) >= 11 is 1.75. The molecule has 143 valence electrons. The van der Waals surface area contributed by atoms with E-state index in [0.717, 1.165) is 23.2 Å². The summed E-state index contributed by atoms with van der Waals surface area (Å²) in [7, 11) is 0. The van der Waals surface area contributed by atoms with Crippen molar-refractivity contribution in [2.24, 2.45) is 0 Å². The maximum Gasteiger partial charge on any atom is 0.137 e. The van der Waals surface area contributed by atoms with Gasteiger partial charge in [0.05, 0.1) is 0 Å². The summed E-state index contributed by atoms with van der Waals surface area (Å²) in [6, 6.07) is 4.35. The van der Waals surface area contributed by atoms with Crippen molar-refractivity contribution in [1.29, 1.82) is 0 Å². The predicted molar refractivity (Wildman–Crippen MR) is 117 cm³/mol. The van der Waals surface area contributed by atoms with Crippen LogP contribution in [0.15, 0.2) is 24.5 Å². The maximum atomic E-state index is 11.1. The standard InChI is InChI=1S/C10H11NO.C10H13N.C2H6S.B/c1-7-4-8-5-9(12)2-3-10(8)11-6-7;1-8-6-9-4-2-3-5-10(9)11-7-8;1-3-2;/h4,6H,2-3,5H2,1H3;6-7H,2-5H2,1H3;1-2H3;. The van der Waals surface area contributed by atoms with Crippen LogP contribution in [0.25, 0.3) is 0 Å². The van der Waals surface area contributed by atoms with Gasteiger partial charge in [-0.15, -0.1) is 0 Å². The third-order valence-electron chi connectivity index (χ3n) is 4.53. The van der Waals surface area contributed by atoms with E-state index < -0.39 is 0 Å². The van der Waals surface area contributed by atoms with E-state index in [0.29, 0.717) is 18.6 Å². The first-order chi connectivity index (χ1) is 12.5. The summed E-state index contributed by atoms with van der Waals surface area (Å²) in [5.41, 5.74) is 7.50. The third kappa shape index (κ3) is 7.49. The molecule has 0 atom stereocenters. The van der Waals surface area contributed by atoms with Gasteiger partial charge in [-0.25, -0.2) is 0 Å². The molecule has 2 heterocycles. The Hall–Kier alpha value is -1.62. The molecule has 0 saturated carbocycles. The maximum absolute atomic E-state index is 11.1. The zero-order chi connectivity index (χ0) is 18.9. The number of ketones is 1. The smallest absolute Gasteiger partial charge is 0.137 e. The van der Waals surface area contributed by atoms with Crippen LogP contribution < -0.4 is 0 Å². The highest BCUT2D eigenvalue weighted by Gasteiger charge is 2.15. The molecular formula is C22H30BN2OS. The molecule has 2 aromatic heterocycles. The van der Waals surface area contributed by atoms with Gasteiger partial charge in [0.1, 0.15) is 5.78 Å². The number of carbonyl (C=O) groups is 1. The fraction of sp³-hybridized carbons (Fsp3) is 0.500. The number of pyridine rings is 2. The summed E-state index contributed by atoms with van der Waals surface area (Å²) in [6.45, 7) is 4.12. The van der Waals surface area contributed by atoms with Crippen molar-refractivity contribution in [2.75, 3.05) is 12.5 Å². The van der Waals surface area contributed by atoms with Crippen LogP contribution >= 0.6 is 11.8 Å². The van der Waals surface area contributed by atoms with Crippen LogP contribution in [0, 0.1) is 13.8 Å². The Kier molecular flexibility index (Phi) is 10.4. The minimum Gasteiger partial charge on any atom is -0.299 e. The number of fused-ring (bicyclic) bond motifs is 2. The molecule has 2 aliphatic rings. The lowest BCUT2D eigenvalue weighted by molar-refractivity contribution is -0.118. The monoisotopic (exact) mass is 381 g/mol. The van der Waals surface area contributed by atoms with Gasteiger partial charge in [0.15, 0.2) is 0 Å². The van der Waals surface area contributed by atoms with E-state index >= 15 is 0 Å². The fourth-order valence-electron chi connectivity index (χ4n) is 3.30. The van der Waals surface area contributed by atoms with Crippen molar-refractivity contribution >= 4 is 26.0 Å². The number of hydrogen-bond acceptors (Lipinski definition) is 4. The Morgan fingerprint density at radius 1 is 0.815 bits per heavy atom. The van der Waals surface area contributed by atoms with Gasteiger partial charge in [-0.05, 0) is 80.7 Å². The van der Waals surface area contributed by atoms with Gasteiger partial charge in [0.2, 0.25) is 0 Å². The van der Waals surface area contributed by atoms with E-state index in [2.05, 4.69) is 29.0 Å². The van der Waals surface area contributed by atoms with Crippen molar-refractivity contribution in [1.82, 2.24) is 9.97 Å². The zero-order valence-corrected chi connectivity index (χ0v) is 17.9. The minimum atomic E-state index is 0. The zero-order valence-electron chi connectivity index (χ0n) is 17.0. The molecule has 0 amide bonds. The molecule has 0 saturated heterocycles. The normalized spacial score (nSPS) is 14.3. The lowest BCUT2D eigenvalue weighted by Crippen LogP contribution is -2.14. The van der Waals surface area contributed by atoms with Gasteiger partial charge < -0.3 is 0 Å². The van der Waals surface area contributed by atoms with Crippen molar-refractivity contribution in [3.05, 3.63) is 58.2 Å². The van der Waals surface area contributed by atoms with Gasteiger partial charge in [-0.3, -0.25) is 14.8 Å².